The molecule has 1 fully saturated rings. The van der Waals surface area contributed by atoms with E-state index in [-0.39, 0.29) is 23.9 Å². The molecule has 1 amide bonds. The zero-order valence-corrected chi connectivity index (χ0v) is 16.4. The van der Waals surface area contributed by atoms with Crippen LogP contribution in [0.2, 0.25) is 0 Å². The normalized spacial score (nSPS) is 15.0. The molecule has 150 valence electrons. The summed E-state index contributed by atoms with van der Waals surface area (Å²) in [5, 5.41) is 3.17. The molecular weight excluding hydrogens is 381 g/mol. The van der Waals surface area contributed by atoms with Crippen LogP contribution < -0.4 is 5.32 Å². The molecule has 0 bridgehead atoms. The van der Waals surface area contributed by atoms with Crippen LogP contribution in [0.25, 0.3) is 0 Å². The molecule has 1 aliphatic heterocycles. The fraction of sp³-hybridized carbons (Fsp3) is 0.350. The van der Waals surface area contributed by atoms with Gasteiger partial charge in [-0.1, -0.05) is 30.3 Å². The molecule has 0 saturated carbocycles. The van der Waals surface area contributed by atoms with Gasteiger partial charge in [-0.3, -0.25) is 4.79 Å². The minimum Gasteiger partial charge on any atom is -0.339 e. The smallest absolute Gasteiger partial charge is 0.243 e. The Morgan fingerprint density at radius 2 is 1.68 bits per heavy atom. The molecule has 28 heavy (non-hydrogen) atoms. The van der Waals surface area contributed by atoms with E-state index in [0.717, 1.165) is 17.7 Å². The maximum absolute atomic E-state index is 13.2. The molecule has 0 radical (unpaired) electrons. The van der Waals surface area contributed by atoms with E-state index in [1.165, 1.54) is 16.4 Å². The van der Waals surface area contributed by atoms with Crippen LogP contribution in [0.15, 0.2) is 59.5 Å². The highest BCUT2D eigenvalue weighted by Gasteiger charge is 2.28. The second-order valence-corrected chi connectivity index (χ2v) is 8.60. The number of halogens is 1. The molecule has 1 heterocycles. The van der Waals surface area contributed by atoms with E-state index in [9.17, 15) is 17.6 Å². The second-order valence-electron chi connectivity index (χ2n) is 6.66. The zero-order valence-electron chi connectivity index (χ0n) is 15.6. The van der Waals surface area contributed by atoms with Crippen molar-refractivity contribution in [2.24, 2.45) is 0 Å². The molecule has 0 aromatic heterocycles. The number of amides is 1. The van der Waals surface area contributed by atoms with Gasteiger partial charge in [-0.2, -0.15) is 4.31 Å². The Morgan fingerprint density at radius 3 is 2.32 bits per heavy atom. The molecule has 1 aliphatic rings. The van der Waals surface area contributed by atoms with Gasteiger partial charge in [-0.25, -0.2) is 12.8 Å². The van der Waals surface area contributed by atoms with Crippen LogP contribution in [0, 0.1) is 5.82 Å². The third-order valence-electron chi connectivity index (χ3n) is 4.73. The van der Waals surface area contributed by atoms with Crippen molar-refractivity contribution < 1.29 is 17.6 Å². The van der Waals surface area contributed by atoms with Gasteiger partial charge < -0.3 is 10.2 Å². The average molecular weight is 405 g/mol. The summed E-state index contributed by atoms with van der Waals surface area (Å²) in [7, 11) is -3.92. The first-order chi connectivity index (χ1) is 13.5. The van der Waals surface area contributed by atoms with Crippen molar-refractivity contribution in [3.05, 3.63) is 66.0 Å². The van der Waals surface area contributed by atoms with Crippen molar-refractivity contribution in [1.29, 1.82) is 0 Å². The topological polar surface area (TPSA) is 69.7 Å². The van der Waals surface area contributed by atoms with Crippen molar-refractivity contribution in [3.8, 4) is 0 Å². The van der Waals surface area contributed by atoms with Gasteiger partial charge in [0.25, 0.3) is 0 Å². The number of carbonyl (C=O) groups excluding carboxylic acids is 1. The molecular formula is C20H24FN3O3S. The summed E-state index contributed by atoms with van der Waals surface area (Å²) >= 11 is 0. The van der Waals surface area contributed by atoms with Crippen molar-refractivity contribution in [3.63, 3.8) is 0 Å². The number of rotatable bonds is 7. The molecule has 8 heteroatoms. The van der Waals surface area contributed by atoms with Gasteiger partial charge in [-0.05, 0) is 36.2 Å². The summed E-state index contributed by atoms with van der Waals surface area (Å²) < 4.78 is 40.6. The molecule has 6 nitrogen and oxygen atoms in total. The standard InChI is InChI=1S/C20H24FN3O3S/c21-18-6-8-19(9-7-18)28(26,27)24(13-10-17-4-2-1-3-5-17)16-20(25)23-14-11-22-12-15-23/h1-9,22H,10-16H2. The monoisotopic (exact) mass is 405 g/mol. The Bertz CT molecular complexity index is 883. The third-order valence-corrected chi connectivity index (χ3v) is 6.58. The number of carbonyl (C=O) groups is 1. The van der Waals surface area contributed by atoms with E-state index in [1.54, 1.807) is 4.90 Å². The van der Waals surface area contributed by atoms with Gasteiger partial charge in [-0.15, -0.1) is 0 Å². The predicted octanol–water partition coefficient (Wildman–Crippen LogP) is 1.49. The Hall–Kier alpha value is -2.29. The van der Waals surface area contributed by atoms with Gasteiger partial charge in [0.1, 0.15) is 5.82 Å². The van der Waals surface area contributed by atoms with Crippen LogP contribution in [-0.4, -0.2) is 62.8 Å². The summed E-state index contributed by atoms with van der Waals surface area (Å²) in [6.07, 6.45) is 0.482. The summed E-state index contributed by atoms with van der Waals surface area (Å²) in [5.41, 5.74) is 0.983. The fourth-order valence-corrected chi connectivity index (χ4v) is 4.49. The molecule has 0 unspecified atom stereocenters. The van der Waals surface area contributed by atoms with E-state index in [1.807, 2.05) is 30.3 Å². The lowest BCUT2D eigenvalue weighted by Crippen LogP contribution is -2.50. The van der Waals surface area contributed by atoms with Crippen molar-refractivity contribution in [1.82, 2.24) is 14.5 Å². The summed E-state index contributed by atoms with van der Waals surface area (Å²) in [6.45, 7) is 2.44. The minimum absolute atomic E-state index is 0.0185. The molecule has 0 atom stereocenters. The van der Waals surface area contributed by atoms with E-state index in [4.69, 9.17) is 0 Å². The summed E-state index contributed by atoms with van der Waals surface area (Å²) in [6, 6.07) is 14.2. The number of hydrogen-bond acceptors (Lipinski definition) is 4. The number of sulfonamides is 1. The number of nitrogens with zero attached hydrogens (tertiary/aromatic N) is 2. The maximum atomic E-state index is 13.2. The number of piperazine rings is 1. The van der Waals surface area contributed by atoms with Crippen LogP contribution >= 0.6 is 0 Å². The Morgan fingerprint density at radius 1 is 1.04 bits per heavy atom. The van der Waals surface area contributed by atoms with Crippen LogP contribution in [0.4, 0.5) is 4.39 Å². The van der Waals surface area contributed by atoms with Crippen LogP contribution in [-0.2, 0) is 21.2 Å². The first-order valence-corrected chi connectivity index (χ1v) is 10.7. The highest BCUT2D eigenvalue weighted by Crippen LogP contribution is 2.17. The molecule has 0 spiro atoms. The highest BCUT2D eigenvalue weighted by molar-refractivity contribution is 7.89. The Labute approximate surface area is 165 Å². The molecule has 0 aliphatic carbocycles. The molecule has 1 saturated heterocycles. The minimum atomic E-state index is -3.92. The van der Waals surface area contributed by atoms with Crippen LogP contribution in [0.3, 0.4) is 0 Å². The fourth-order valence-electron chi connectivity index (χ4n) is 3.10. The first kappa shape index (κ1) is 20.4. The summed E-state index contributed by atoms with van der Waals surface area (Å²) in [5.74, 6) is -0.730. The van der Waals surface area contributed by atoms with Crippen molar-refractivity contribution >= 4 is 15.9 Å². The first-order valence-electron chi connectivity index (χ1n) is 9.25. The predicted molar refractivity (Wildman–Crippen MR) is 105 cm³/mol. The van der Waals surface area contributed by atoms with Crippen molar-refractivity contribution in [2.75, 3.05) is 39.3 Å². The summed E-state index contributed by atoms with van der Waals surface area (Å²) in [4.78, 5) is 14.3. The van der Waals surface area contributed by atoms with Crippen LogP contribution in [0.1, 0.15) is 5.56 Å². The SMILES string of the molecule is O=C(CN(CCc1ccccc1)S(=O)(=O)c1ccc(F)cc1)N1CCNCC1. The lowest BCUT2D eigenvalue weighted by molar-refractivity contribution is -0.131. The van der Waals surface area contributed by atoms with E-state index in [2.05, 4.69) is 5.32 Å². The quantitative estimate of drug-likeness (QED) is 0.758. The van der Waals surface area contributed by atoms with Gasteiger partial charge >= 0.3 is 0 Å². The molecule has 2 aromatic rings. The maximum Gasteiger partial charge on any atom is 0.243 e. The van der Waals surface area contributed by atoms with E-state index >= 15 is 0 Å². The lowest BCUT2D eigenvalue weighted by atomic mass is 10.1. The van der Waals surface area contributed by atoms with Gasteiger partial charge in [0.15, 0.2) is 0 Å². The second kappa shape index (κ2) is 9.27. The lowest BCUT2D eigenvalue weighted by Gasteiger charge is -2.30. The third kappa shape index (κ3) is 5.15. The van der Waals surface area contributed by atoms with Gasteiger partial charge in [0.05, 0.1) is 11.4 Å². The average Bonchev–Trinajstić information content (AvgIpc) is 2.72. The highest BCUT2D eigenvalue weighted by atomic mass is 32.2. The van der Waals surface area contributed by atoms with E-state index < -0.39 is 15.8 Å². The molecule has 1 N–H and O–H groups in total. The van der Waals surface area contributed by atoms with Crippen molar-refractivity contribution in [2.45, 2.75) is 11.3 Å². The Kier molecular flexibility index (Phi) is 6.77. The van der Waals surface area contributed by atoms with Crippen LogP contribution in [0.5, 0.6) is 0 Å². The molecule has 2 aromatic carbocycles. The van der Waals surface area contributed by atoms with Gasteiger partial charge in [0, 0.05) is 32.7 Å². The number of nitrogens with one attached hydrogen (secondary N) is 1. The zero-order chi connectivity index (χ0) is 20.0. The van der Waals surface area contributed by atoms with E-state index in [0.29, 0.717) is 32.6 Å². The van der Waals surface area contributed by atoms with Gasteiger partial charge in [0.2, 0.25) is 15.9 Å². The number of benzene rings is 2. The largest absolute Gasteiger partial charge is 0.339 e. The molecule has 3 rings (SSSR count). The Balaban J connectivity index is 1.80. The number of hydrogen-bond donors (Lipinski definition) is 1.